The molecule has 0 saturated carbocycles. The van der Waals surface area contributed by atoms with Crippen LogP contribution in [0.15, 0.2) is 0 Å². The van der Waals surface area contributed by atoms with Crippen molar-refractivity contribution in [2.75, 3.05) is 13.2 Å². The Hall–Kier alpha value is -0.260. The Morgan fingerprint density at radius 1 is 1.73 bits per heavy atom. The highest BCUT2D eigenvalue weighted by Gasteiger charge is 2.26. The molecule has 0 aromatic carbocycles. The Balaban J connectivity index is 2.24. The molecule has 4 nitrogen and oxygen atoms in total. The van der Waals surface area contributed by atoms with Gasteiger partial charge in [-0.1, -0.05) is 0 Å². The second kappa shape index (κ2) is 3.94. The van der Waals surface area contributed by atoms with Crippen LogP contribution >= 0.6 is 11.8 Å². The number of hydrogen-bond donors (Lipinski definition) is 2. The summed E-state index contributed by atoms with van der Waals surface area (Å²) in [4.78, 5) is 10.2. The van der Waals surface area contributed by atoms with E-state index in [0.717, 1.165) is 0 Å². The van der Waals surface area contributed by atoms with E-state index in [4.69, 9.17) is 14.9 Å². The zero-order valence-corrected chi connectivity index (χ0v) is 6.71. The molecule has 2 atom stereocenters. The lowest BCUT2D eigenvalue weighted by atomic mass is 10.3. The van der Waals surface area contributed by atoms with Gasteiger partial charge in [-0.3, -0.25) is 4.79 Å². The first-order chi connectivity index (χ1) is 5.22. The predicted molar refractivity (Wildman–Crippen MR) is 40.5 cm³/mol. The van der Waals surface area contributed by atoms with Crippen LogP contribution in [0.5, 0.6) is 0 Å². The van der Waals surface area contributed by atoms with Gasteiger partial charge in [0, 0.05) is 5.25 Å². The van der Waals surface area contributed by atoms with Crippen LogP contribution in [-0.2, 0) is 9.53 Å². The van der Waals surface area contributed by atoms with Crippen molar-refractivity contribution in [1.29, 1.82) is 0 Å². The monoisotopic (exact) mass is 178 g/mol. The maximum Gasteiger partial charge on any atom is 0.304 e. The molecule has 0 spiro atoms. The lowest BCUT2D eigenvalue weighted by molar-refractivity contribution is -0.137. The van der Waals surface area contributed by atoms with Gasteiger partial charge in [0.15, 0.2) is 0 Å². The van der Waals surface area contributed by atoms with Gasteiger partial charge in [-0.2, -0.15) is 0 Å². The predicted octanol–water partition coefficient (Wildman–Crippen LogP) is -0.0885. The van der Waals surface area contributed by atoms with Crippen LogP contribution in [0.3, 0.4) is 0 Å². The van der Waals surface area contributed by atoms with Crippen molar-refractivity contribution in [3.05, 3.63) is 0 Å². The van der Waals surface area contributed by atoms with E-state index in [1.54, 1.807) is 0 Å². The van der Waals surface area contributed by atoms with E-state index in [1.165, 1.54) is 11.8 Å². The molecule has 5 heteroatoms. The van der Waals surface area contributed by atoms with E-state index in [1.807, 2.05) is 0 Å². The van der Waals surface area contributed by atoms with Crippen molar-refractivity contribution >= 4 is 17.7 Å². The maximum absolute atomic E-state index is 10.2. The zero-order valence-electron chi connectivity index (χ0n) is 5.90. The van der Waals surface area contributed by atoms with E-state index in [-0.39, 0.29) is 23.7 Å². The number of aliphatic carboxylic acids is 1. The summed E-state index contributed by atoms with van der Waals surface area (Å²) in [5.41, 5.74) is -0.223. The summed E-state index contributed by atoms with van der Waals surface area (Å²) in [5.74, 6) is -0.815. The van der Waals surface area contributed by atoms with Crippen LogP contribution < -0.4 is 0 Å². The third-order valence-electron chi connectivity index (χ3n) is 1.36. The molecular formula is C6H10O4S. The van der Waals surface area contributed by atoms with Gasteiger partial charge in [-0.25, -0.2) is 0 Å². The Morgan fingerprint density at radius 3 is 2.91 bits per heavy atom. The second-order valence-electron chi connectivity index (χ2n) is 2.30. The lowest BCUT2D eigenvalue weighted by Gasteiger charge is -2.02. The molecule has 1 fully saturated rings. The van der Waals surface area contributed by atoms with Crippen LogP contribution in [0.25, 0.3) is 0 Å². The number of ether oxygens (including phenoxy) is 1. The molecule has 0 aliphatic carbocycles. The summed E-state index contributed by atoms with van der Waals surface area (Å²) < 4.78 is 5.07. The fraction of sp³-hybridized carbons (Fsp3) is 0.833. The fourth-order valence-corrected chi connectivity index (χ4v) is 1.97. The topological polar surface area (TPSA) is 66.8 Å². The highest BCUT2D eigenvalue weighted by molar-refractivity contribution is 8.00. The van der Waals surface area contributed by atoms with Crippen molar-refractivity contribution < 1.29 is 19.7 Å². The SMILES string of the molecule is O=C(O)CC1COC(CO)S1. The van der Waals surface area contributed by atoms with Crippen molar-refractivity contribution in [1.82, 2.24) is 0 Å². The summed E-state index contributed by atoms with van der Waals surface area (Å²) in [6.45, 7) is 0.392. The number of aliphatic hydroxyl groups excluding tert-OH is 1. The molecule has 0 amide bonds. The molecule has 1 aliphatic heterocycles. The summed E-state index contributed by atoms with van der Waals surface area (Å²) in [7, 11) is 0. The smallest absolute Gasteiger partial charge is 0.304 e. The molecule has 0 bridgehead atoms. The Morgan fingerprint density at radius 2 is 2.45 bits per heavy atom. The van der Waals surface area contributed by atoms with Gasteiger partial charge in [0.1, 0.15) is 5.44 Å². The third kappa shape index (κ3) is 2.69. The Bertz CT molecular complexity index is 150. The van der Waals surface area contributed by atoms with E-state index in [2.05, 4.69) is 0 Å². The van der Waals surface area contributed by atoms with Gasteiger partial charge in [-0.05, 0) is 0 Å². The van der Waals surface area contributed by atoms with E-state index in [0.29, 0.717) is 6.61 Å². The standard InChI is InChI=1S/C6H10O4S/c7-2-6-10-3-4(11-6)1-5(8)9/h4,6-7H,1-3H2,(H,8,9). The molecule has 64 valence electrons. The van der Waals surface area contributed by atoms with Crippen LogP contribution in [0.1, 0.15) is 6.42 Å². The first-order valence-corrected chi connectivity index (χ1v) is 4.26. The molecule has 0 aromatic rings. The average Bonchev–Trinajstić information content (AvgIpc) is 2.34. The minimum absolute atomic E-state index is 0.00431. The number of thioether (sulfide) groups is 1. The minimum atomic E-state index is -0.815. The van der Waals surface area contributed by atoms with E-state index >= 15 is 0 Å². The van der Waals surface area contributed by atoms with E-state index in [9.17, 15) is 4.79 Å². The molecule has 11 heavy (non-hydrogen) atoms. The molecule has 1 heterocycles. The highest BCUT2D eigenvalue weighted by atomic mass is 32.2. The lowest BCUT2D eigenvalue weighted by Crippen LogP contribution is -2.09. The largest absolute Gasteiger partial charge is 0.481 e. The fourth-order valence-electron chi connectivity index (χ4n) is 0.905. The van der Waals surface area contributed by atoms with Gasteiger partial charge >= 0.3 is 5.97 Å². The van der Waals surface area contributed by atoms with Crippen LogP contribution in [0.4, 0.5) is 0 Å². The molecule has 1 aliphatic rings. The van der Waals surface area contributed by atoms with Gasteiger partial charge in [0.05, 0.1) is 19.6 Å². The first kappa shape index (κ1) is 8.83. The minimum Gasteiger partial charge on any atom is -0.481 e. The number of carbonyl (C=O) groups is 1. The van der Waals surface area contributed by atoms with Crippen LogP contribution in [0.2, 0.25) is 0 Å². The quantitative estimate of drug-likeness (QED) is 0.632. The summed E-state index contributed by atoms with van der Waals surface area (Å²) in [6.07, 6.45) is 0.112. The summed E-state index contributed by atoms with van der Waals surface area (Å²) in [5, 5.41) is 17.0. The van der Waals surface area contributed by atoms with E-state index < -0.39 is 5.97 Å². The third-order valence-corrected chi connectivity index (χ3v) is 2.64. The van der Waals surface area contributed by atoms with Crippen molar-refractivity contribution in [2.24, 2.45) is 0 Å². The van der Waals surface area contributed by atoms with Crippen LogP contribution in [0, 0.1) is 0 Å². The summed E-state index contributed by atoms with van der Waals surface area (Å²) in [6, 6.07) is 0. The summed E-state index contributed by atoms with van der Waals surface area (Å²) >= 11 is 1.39. The Labute approximate surface area is 68.5 Å². The number of carboxylic acid groups (broad SMARTS) is 1. The van der Waals surface area contributed by atoms with Gasteiger partial charge in [0.25, 0.3) is 0 Å². The number of hydrogen-bond acceptors (Lipinski definition) is 4. The molecule has 2 N–H and O–H groups in total. The molecule has 0 aromatic heterocycles. The molecule has 1 rings (SSSR count). The average molecular weight is 178 g/mol. The molecule has 1 saturated heterocycles. The van der Waals surface area contributed by atoms with Gasteiger partial charge in [0.2, 0.25) is 0 Å². The molecule has 0 radical (unpaired) electrons. The number of aliphatic hydroxyl groups is 1. The normalized spacial score (nSPS) is 30.6. The molecule has 2 unspecified atom stereocenters. The van der Waals surface area contributed by atoms with Crippen molar-refractivity contribution in [3.8, 4) is 0 Å². The highest BCUT2D eigenvalue weighted by Crippen LogP contribution is 2.28. The Kier molecular flexibility index (Phi) is 3.16. The first-order valence-electron chi connectivity index (χ1n) is 3.32. The van der Waals surface area contributed by atoms with Gasteiger partial charge < -0.3 is 14.9 Å². The van der Waals surface area contributed by atoms with Crippen molar-refractivity contribution in [3.63, 3.8) is 0 Å². The number of carboxylic acids is 1. The maximum atomic E-state index is 10.2. The second-order valence-corrected chi connectivity index (χ2v) is 3.77. The van der Waals surface area contributed by atoms with Crippen molar-refractivity contribution in [2.45, 2.75) is 17.1 Å². The molecular weight excluding hydrogens is 168 g/mol. The van der Waals surface area contributed by atoms with Crippen LogP contribution in [-0.4, -0.2) is 40.1 Å². The van der Waals surface area contributed by atoms with Gasteiger partial charge in [-0.15, -0.1) is 11.8 Å². The zero-order chi connectivity index (χ0) is 8.27. The number of rotatable bonds is 3.